The molecule has 34 heavy (non-hydrogen) atoms. The van der Waals surface area contributed by atoms with Crippen molar-refractivity contribution in [2.75, 3.05) is 0 Å². The molecule has 180 valence electrons. The van der Waals surface area contributed by atoms with Gasteiger partial charge < -0.3 is 0 Å². The maximum atomic E-state index is 13.8. The molecule has 0 N–H and O–H groups in total. The summed E-state index contributed by atoms with van der Waals surface area (Å²) in [5.41, 5.74) is 0. The van der Waals surface area contributed by atoms with E-state index in [-0.39, 0.29) is 17.2 Å². The predicted octanol–water partition coefficient (Wildman–Crippen LogP) is 7.73. The monoisotopic (exact) mass is 504 g/mol. The molecule has 3 aromatic carbocycles. The number of allylic oxidation sites excluding steroid dienone is 2. The number of para-hydroxylation sites is 3. The van der Waals surface area contributed by atoms with Crippen LogP contribution < -0.4 is 13.6 Å². The van der Waals surface area contributed by atoms with Crippen molar-refractivity contribution in [3.63, 3.8) is 0 Å². The van der Waals surface area contributed by atoms with Crippen molar-refractivity contribution in [1.29, 1.82) is 0 Å². The Bertz CT molecular complexity index is 1030. The molecule has 12 heteroatoms. The van der Waals surface area contributed by atoms with Crippen LogP contribution >= 0.6 is 7.74 Å². The van der Waals surface area contributed by atoms with Crippen LogP contribution in [0.15, 0.2) is 103 Å². The Labute approximate surface area is 189 Å². The molecule has 5 nitrogen and oxygen atoms in total. The Morgan fingerprint density at radius 2 is 0.735 bits per heavy atom. The van der Waals surface area contributed by atoms with Crippen LogP contribution in [-0.4, -0.2) is 12.4 Å². The Kier molecular flexibility index (Phi) is 5.77. The number of rotatable bonds is 6. The fourth-order valence-electron chi connectivity index (χ4n) is 2.89. The summed E-state index contributed by atoms with van der Waals surface area (Å²) in [6.07, 6.45) is -11.2. The van der Waals surface area contributed by atoms with E-state index in [4.69, 9.17) is 22.6 Å². The van der Waals surface area contributed by atoms with E-state index in [9.17, 15) is 26.3 Å². The van der Waals surface area contributed by atoms with Gasteiger partial charge in [-0.2, -0.15) is 0 Å². The molecule has 0 atom stereocenters. The van der Waals surface area contributed by atoms with Gasteiger partial charge >= 0.3 is 189 Å². The van der Waals surface area contributed by atoms with Crippen LogP contribution in [0.5, 0.6) is 17.2 Å². The molecule has 0 unspecified atom stereocenters. The van der Waals surface area contributed by atoms with E-state index >= 15 is 0 Å². The van der Waals surface area contributed by atoms with Crippen molar-refractivity contribution in [3.8, 4) is 17.2 Å². The Morgan fingerprint density at radius 1 is 0.471 bits per heavy atom. The van der Waals surface area contributed by atoms with Crippen LogP contribution in [0.3, 0.4) is 0 Å². The zero-order chi connectivity index (χ0) is 24.5. The minimum absolute atomic E-state index is 0.225. The fourth-order valence-corrected chi connectivity index (χ4v) is 5.63. The summed E-state index contributed by atoms with van der Waals surface area (Å²) in [7, 11) is -6.28. The zero-order valence-corrected chi connectivity index (χ0v) is 17.8. The number of hydrogen-bond acceptors (Lipinski definition) is 5. The van der Waals surface area contributed by atoms with E-state index in [0.29, 0.717) is 0 Å². The normalized spacial score (nSPS) is 18.1. The SMILES string of the molecule is FC(F)(F)C1=C(C(F)(F)F)OP(Oc2ccccc2)(Oc2ccccc2)(Oc2ccccc2)O1. The molecule has 0 saturated carbocycles. The first-order valence-corrected chi connectivity index (χ1v) is 11.4. The zero-order valence-electron chi connectivity index (χ0n) is 16.9. The van der Waals surface area contributed by atoms with E-state index < -0.39 is 31.6 Å². The van der Waals surface area contributed by atoms with Gasteiger partial charge in [0.1, 0.15) is 0 Å². The van der Waals surface area contributed by atoms with Crippen LogP contribution in [0.2, 0.25) is 0 Å². The number of hydrogen-bond donors (Lipinski definition) is 0. The first-order chi connectivity index (χ1) is 16.0. The van der Waals surface area contributed by atoms with Crippen molar-refractivity contribution in [2.24, 2.45) is 0 Å². The van der Waals surface area contributed by atoms with Crippen molar-refractivity contribution in [3.05, 3.63) is 103 Å². The van der Waals surface area contributed by atoms with Gasteiger partial charge in [-0.15, -0.1) is 0 Å². The van der Waals surface area contributed by atoms with Crippen LogP contribution in [0.4, 0.5) is 26.3 Å². The predicted molar refractivity (Wildman–Crippen MR) is 109 cm³/mol. The van der Waals surface area contributed by atoms with Gasteiger partial charge in [-0.05, 0) is 0 Å². The van der Waals surface area contributed by atoms with Gasteiger partial charge in [0, 0.05) is 0 Å². The van der Waals surface area contributed by atoms with Crippen LogP contribution in [0, 0.1) is 0 Å². The third kappa shape index (κ3) is 4.84. The van der Waals surface area contributed by atoms with Crippen molar-refractivity contribution in [2.45, 2.75) is 12.4 Å². The van der Waals surface area contributed by atoms with Crippen molar-refractivity contribution < 1.29 is 49.0 Å². The minimum atomic E-state index is -6.28. The van der Waals surface area contributed by atoms with Gasteiger partial charge in [-0.25, -0.2) is 0 Å². The van der Waals surface area contributed by atoms with Crippen molar-refractivity contribution in [1.82, 2.24) is 0 Å². The van der Waals surface area contributed by atoms with Gasteiger partial charge in [0.2, 0.25) is 0 Å². The molecule has 3 aromatic rings. The van der Waals surface area contributed by atoms with E-state index in [1.807, 2.05) is 0 Å². The molecule has 0 aromatic heterocycles. The molecule has 1 aliphatic heterocycles. The molecule has 0 bridgehead atoms. The summed E-state index contributed by atoms with van der Waals surface area (Å²) >= 11 is 0. The van der Waals surface area contributed by atoms with Crippen LogP contribution in [0.1, 0.15) is 0 Å². The van der Waals surface area contributed by atoms with E-state index in [2.05, 4.69) is 0 Å². The average molecular weight is 504 g/mol. The van der Waals surface area contributed by atoms with Crippen molar-refractivity contribution >= 4 is 7.74 Å². The van der Waals surface area contributed by atoms with E-state index in [1.165, 1.54) is 72.8 Å². The Balaban J connectivity index is 1.95. The second kappa shape index (κ2) is 8.32. The molecule has 4 rings (SSSR count). The van der Waals surface area contributed by atoms with E-state index in [0.717, 1.165) is 0 Å². The summed E-state index contributed by atoms with van der Waals surface area (Å²) in [6.45, 7) is 0. The van der Waals surface area contributed by atoms with Crippen LogP contribution in [0.25, 0.3) is 0 Å². The van der Waals surface area contributed by atoms with Crippen LogP contribution in [-0.2, 0) is 9.05 Å². The molecule has 0 spiro atoms. The molecule has 1 heterocycles. The van der Waals surface area contributed by atoms with Gasteiger partial charge in [-0.1, -0.05) is 0 Å². The average Bonchev–Trinajstić information content (AvgIpc) is 3.12. The summed E-state index contributed by atoms with van der Waals surface area (Å²) in [5, 5.41) is 0. The summed E-state index contributed by atoms with van der Waals surface area (Å²) in [5.74, 6) is -5.65. The van der Waals surface area contributed by atoms with E-state index in [1.54, 1.807) is 18.2 Å². The molecule has 0 amide bonds. The number of benzene rings is 3. The Hall–Kier alpha value is -3.59. The second-order valence-corrected chi connectivity index (χ2v) is 9.20. The summed E-state index contributed by atoms with van der Waals surface area (Å²) < 4.78 is 109. The molecule has 0 radical (unpaired) electrons. The quantitative estimate of drug-likeness (QED) is 0.254. The topological polar surface area (TPSA) is 46.2 Å². The molecule has 0 saturated heterocycles. The summed E-state index contributed by atoms with van der Waals surface area (Å²) in [4.78, 5) is 0. The maximum absolute atomic E-state index is 13.8. The molecule has 1 aliphatic rings. The first kappa shape index (κ1) is 23.6. The summed E-state index contributed by atoms with van der Waals surface area (Å²) in [6, 6.07) is 20.9. The third-order valence-electron chi connectivity index (χ3n) is 4.19. The molecular weight excluding hydrogens is 489 g/mol. The van der Waals surface area contributed by atoms with Gasteiger partial charge in [-0.3, -0.25) is 0 Å². The fraction of sp³-hybridized carbons (Fsp3) is 0.0909. The first-order valence-electron chi connectivity index (χ1n) is 9.55. The Morgan fingerprint density at radius 3 is 0.971 bits per heavy atom. The van der Waals surface area contributed by atoms with Gasteiger partial charge in [0.15, 0.2) is 0 Å². The number of alkyl halides is 6. The molecule has 0 fully saturated rings. The van der Waals surface area contributed by atoms with Gasteiger partial charge in [0.05, 0.1) is 0 Å². The van der Waals surface area contributed by atoms with Gasteiger partial charge in [0.25, 0.3) is 0 Å². The standard InChI is InChI=1S/C22H15F6O5P/c23-21(24,25)19-20(22(26,27)28)33-34(32-19,29-16-10-4-1-5-11-16,30-17-12-6-2-7-13-17)31-18-14-8-3-9-15-18/h1-15H. The second-order valence-electron chi connectivity index (χ2n) is 6.79. The number of halogens is 6. The molecule has 0 aliphatic carbocycles. The third-order valence-corrected chi connectivity index (χ3v) is 6.68. The molecular formula is C22H15F6O5P.